The number of likely N-dealkylation sites (N-methyl/N-ethyl adjacent to an activating group) is 1. The normalized spacial score (nSPS) is 11.6. The zero-order valence-electron chi connectivity index (χ0n) is 12.1. The van der Waals surface area contributed by atoms with Crippen molar-refractivity contribution in [3.05, 3.63) is 23.8 Å². The fourth-order valence-corrected chi connectivity index (χ4v) is 1.66. The molecule has 1 unspecified atom stereocenters. The van der Waals surface area contributed by atoms with Crippen LogP contribution in [0.15, 0.2) is 18.2 Å². The standard InChI is InChI=1S/C14H20N2O4/c1-5-16(3)14(19)9(2)15-13(18)10-6-7-12(20-4)11(17)8-10/h6-9,17H,5H2,1-4H3,(H,15,18). The lowest BCUT2D eigenvalue weighted by molar-refractivity contribution is -0.131. The highest BCUT2D eigenvalue weighted by Gasteiger charge is 2.19. The number of carbonyl (C=O) groups excluding carboxylic acids is 2. The van der Waals surface area contributed by atoms with Crippen LogP contribution in [0.25, 0.3) is 0 Å². The second-order valence-corrected chi connectivity index (χ2v) is 4.43. The number of rotatable bonds is 5. The van der Waals surface area contributed by atoms with Crippen molar-refractivity contribution in [2.24, 2.45) is 0 Å². The molecule has 0 heterocycles. The number of phenols is 1. The van der Waals surface area contributed by atoms with Crippen LogP contribution in [0.1, 0.15) is 24.2 Å². The number of nitrogens with zero attached hydrogens (tertiary/aromatic N) is 1. The largest absolute Gasteiger partial charge is 0.504 e. The first kappa shape index (κ1) is 15.8. The quantitative estimate of drug-likeness (QED) is 0.843. The molecule has 0 aliphatic carbocycles. The van der Waals surface area contributed by atoms with E-state index in [9.17, 15) is 14.7 Å². The molecule has 0 saturated heterocycles. The second kappa shape index (κ2) is 6.79. The first-order valence-electron chi connectivity index (χ1n) is 6.33. The van der Waals surface area contributed by atoms with E-state index >= 15 is 0 Å². The van der Waals surface area contributed by atoms with Crippen molar-refractivity contribution in [3.8, 4) is 11.5 Å². The zero-order valence-corrected chi connectivity index (χ0v) is 12.1. The Kier molecular flexibility index (Phi) is 5.37. The Morgan fingerprint density at radius 3 is 2.60 bits per heavy atom. The fraction of sp³-hybridized carbons (Fsp3) is 0.429. The predicted octanol–water partition coefficient (Wildman–Crippen LogP) is 0.997. The van der Waals surface area contributed by atoms with Crippen LogP contribution in [0, 0.1) is 0 Å². The minimum absolute atomic E-state index is 0.121. The molecule has 1 aromatic rings. The lowest BCUT2D eigenvalue weighted by Crippen LogP contribution is -2.45. The molecule has 20 heavy (non-hydrogen) atoms. The zero-order chi connectivity index (χ0) is 15.3. The molecule has 0 bridgehead atoms. The number of carbonyl (C=O) groups is 2. The Morgan fingerprint density at radius 1 is 1.45 bits per heavy atom. The van der Waals surface area contributed by atoms with Crippen molar-refractivity contribution in [1.82, 2.24) is 10.2 Å². The molecule has 110 valence electrons. The van der Waals surface area contributed by atoms with Gasteiger partial charge >= 0.3 is 0 Å². The molecular formula is C14H20N2O4. The Morgan fingerprint density at radius 2 is 2.10 bits per heavy atom. The number of methoxy groups -OCH3 is 1. The first-order valence-corrected chi connectivity index (χ1v) is 6.33. The molecule has 2 N–H and O–H groups in total. The Balaban J connectivity index is 2.76. The number of hydrogen-bond acceptors (Lipinski definition) is 4. The Hall–Kier alpha value is -2.24. The summed E-state index contributed by atoms with van der Waals surface area (Å²) in [7, 11) is 3.10. The third kappa shape index (κ3) is 3.63. The van der Waals surface area contributed by atoms with Crippen molar-refractivity contribution in [3.63, 3.8) is 0 Å². The van der Waals surface area contributed by atoms with Gasteiger partial charge in [0.1, 0.15) is 6.04 Å². The number of amides is 2. The average Bonchev–Trinajstić information content (AvgIpc) is 2.45. The lowest BCUT2D eigenvalue weighted by Gasteiger charge is -2.20. The number of nitrogens with one attached hydrogen (secondary N) is 1. The lowest BCUT2D eigenvalue weighted by atomic mass is 10.1. The maximum absolute atomic E-state index is 12.0. The summed E-state index contributed by atoms with van der Waals surface area (Å²) in [6.45, 7) is 4.05. The molecular weight excluding hydrogens is 260 g/mol. The van der Waals surface area contributed by atoms with Crippen LogP contribution >= 0.6 is 0 Å². The van der Waals surface area contributed by atoms with E-state index in [0.717, 1.165) is 0 Å². The topological polar surface area (TPSA) is 78.9 Å². The van der Waals surface area contributed by atoms with Crippen LogP contribution in [-0.2, 0) is 4.79 Å². The van der Waals surface area contributed by atoms with Crippen LogP contribution < -0.4 is 10.1 Å². The van der Waals surface area contributed by atoms with Crippen LogP contribution in [0.4, 0.5) is 0 Å². The summed E-state index contributed by atoms with van der Waals surface area (Å²) in [6.07, 6.45) is 0. The smallest absolute Gasteiger partial charge is 0.252 e. The summed E-state index contributed by atoms with van der Waals surface area (Å²) >= 11 is 0. The molecule has 1 aromatic carbocycles. The molecule has 6 nitrogen and oxygen atoms in total. The maximum atomic E-state index is 12.0. The third-order valence-corrected chi connectivity index (χ3v) is 3.01. The van der Waals surface area contributed by atoms with Crippen LogP contribution in [-0.4, -0.2) is 48.6 Å². The van der Waals surface area contributed by atoms with Gasteiger partial charge in [0.15, 0.2) is 11.5 Å². The monoisotopic (exact) mass is 280 g/mol. The average molecular weight is 280 g/mol. The van der Waals surface area contributed by atoms with E-state index in [-0.39, 0.29) is 23.0 Å². The molecule has 1 atom stereocenters. The van der Waals surface area contributed by atoms with E-state index < -0.39 is 11.9 Å². The van der Waals surface area contributed by atoms with Gasteiger partial charge in [-0.2, -0.15) is 0 Å². The van der Waals surface area contributed by atoms with Gasteiger partial charge in [0.05, 0.1) is 7.11 Å². The summed E-state index contributed by atoms with van der Waals surface area (Å²) in [6, 6.07) is 3.69. The van der Waals surface area contributed by atoms with Crippen molar-refractivity contribution in [1.29, 1.82) is 0 Å². The summed E-state index contributed by atoms with van der Waals surface area (Å²) in [4.78, 5) is 25.4. The molecule has 0 aliphatic heterocycles. The van der Waals surface area contributed by atoms with E-state index in [1.54, 1.807) is 14.0 Å². The second-order valence-electron chi connectivity index (χ2n) is 4.43. The molecule has 0 aliphatic rings. The fourth-order valence-electron chi connectivity index (χ4n) is 1.66. The van der Waals surface area contributed by atoms with Gasteiger partial charge in [-0.15, -0.1) is 0 Å². The van der Waals surface area contributed by atoms with Gasteiger partial charge in [0.2, 0.25) is 5.91 Å². The van der Waals surface area contributed by atoms with Gasteiger partial charge in [-0.1, -0.05) is 0 Å². The van der Waals surface area contributed by atoms with Gasteiger partial charge in [-0.25, -0.2) is 0 Å². The third-order valence-electron chi connectivity index (χ3n) is 3.01. The highest BCUT2D eigenvalue weighted by Crippen LogP contribution is 2.26. The van der Waals surface area contributed by atoms with Gasteiger partial charge < -0.3 is 20.1 Å². The number of ether oxygens (including phenoxy) is 1. The molecule has 0 spiro atoms. The molecule has 2 amide bonds. The minimum atomic E-state index is -0.628. The van der Waals surface area contributed by atoms with Gasteiger partial charge in [-0.05, 0) is 32.0 Å². The van der Waals surface area contributed by atoms with E-state index in [4.69, 9.17) is 4.74 Å². The van der Waals surface area contributed by atoms with Crippen LogP contribution in [0.2, 0.25) is 0 Å². The summed E-state index contributed by atoms with van der Waals surface area (Å²) in [5.74, 6) is -0.423. The Labute approximate surface area is 118 Å². The highest BCUT2D eigenvalue weighted by molar-refractivity contribution is 5.97. The van der Waals surface area contributed by atoms with Gasteiger partial charge in [0, 0.05) is 19.2 Å². The maximum Gasteiger partial charge on any atom is 0.252 e. The van der Waals surface area contributed by atoms with E-state index in [1.807, 2.05) is 6.92 Å². The first-order chi connectivity index (χ1) is 9.40. The summed E-state index contributed by atoms with van der Waals surface area (Å²) in [5.41, 5.74) is 0.266. The molecule has 6 heteroatoms. The molecule has 0 aromatic heterocycles. The molecule has 0 radical (unpaired) electrons. The number of phenolic OH excluding ortho intramolecular Hbond substituents is 1. The molecule has 0 saturated carbocycles. The van der Waals surface area contributed by atoms with E-state index in [0.29, 0.717) is 6.54 Å². The van der Waals surface area contributed by atoms with Gasteiger partial charge in [-0.3, -0.25) is 9.59 Å². The minimum Gasteiger partial charge on any atom is -0.504 e. The van der Waals surface area contributed by atoms with Crippen molar-refractivity contribution in [2.75, 3.05) is 20.7 Å². The van der Waals surface area contributed by atoms with E-state index in [2.05, 4.69) is 5.32 Å². The molecule has 0 fully saturated rings. The van der Waals surface area contributed by atoms with Crippen molar-refractivity contribution in [2.45, 2.75) is 19.9 Å². The number of aromatic hydroxyl groups is 1. The number of benzene rings is 1. The predicted molar refractivity (Wildman–Crippen MR) is 74.9 cm³/mol. The van der Waals surface area contributed by atoms with Crippen LogP contribution in [0.3, 0.4) is 0 Å². The Bertz CT molecular complexity index is 502. The SMILES string of the molecule is CCN(C)C(=O)C(C)NC(=O)c1ccc(OC)c(O)c1. The summed E-state index contributed by atoms with van der Waals surface area (Å²) in [5, 5.41) is 12.2. The van der Waals surface area contributed by atoms with Crippen molar-refractivity contribution >= 4 is 11.8 Å². The van der Waals surface area contributed by atoms with E-state index in [1.165, 1.54) is 30.2 Å². The number of hydrogen-bond donors (Lipinski definition) is 2. The molecule has 1 rings (SSSR count). The van der Waals surface area contributed by atoms with Gasteiger partial charge in [0.25, 0.3) is 5.91 Å². The summed E-state index contributed by atoms with van der Waals surface area (Å²) < 4.78 is 4.90. The van der Waals surface area contributed by atoms with Crippen molar-refractivity contribution < 1.29 is 19.4 Å². The van der Waals surface area contributed by atoms with Crippen LogP contribution in [0.5, 0.6) is 11.5 Å². The highest BCUT2D eigenvalue weighted by atomic mass is 16.5.